The first-order valence-electron chi connectivity index (χ1n) is 4.79. The Hall–Kier alpha value is -0.320. The lowest BCUT2D eigenvalue weighted by molar-refractivity contribution is 0.285. The zero-order valence-corrected chi connectivity index (χ0v) is 9.61. The van der Waals surface area contributed by atoms with Gasteiger partial charge in [0.1, 0.15) is 5.15 Å². The first-order chi connectivity index (χ1) is 6.76. The molecule has 1 aliphatic carbocycles. The summed E-state index contributed by atoms with van der Waals surface area (Å²) in [6, 6.07) is 0.647. The summed E-state index contributed by atoms with van der Waals surface area (Å²) in [5.74, 6) is 0. The van der Waals surface area contributed by atoms with Crippen LogP contribution in [0.1, 0.15) is 24.6 Å². The average Bonchev–Trinajstić information content (AvgIpc) is 2.92. The summed E-state index contributed by atoms with van der Waals surface area (Å²) in [5.41, 5.74) is 0. The van der Waals surface area contributed by atoms with Crippen LogP contribution in [0, 0.1) is 0 Å². The SMILES string of the molecule is CCN(c1nc(Cl)c(CO)s1)C1CC1. The quantitative estimate of drug-likeness (QED) is 0.865. The summed E-state index contributed by atoms with van der Waals surface area (Å²) >= 11 is 7.38. The molecule has 1 aromatic rings. The molecule has 1 N–H and O–H groups in total. The van der Waals surface area contributed by atoms with Crippen molar-refractivity contribution in [2.45, 2.75) is 32.4 Å². The fraction of sp³-hybridized carbons (Fsp3) is 0.667. The molecule has 0 bridgehead atoms. The molecule has 2 rings (SSSR count). The van der Waals surface area contributed by atoms with Crippen molar-refractivity contribution in [1.82, 2.24) is 4.98 Å². The average molecular weight is 233 g/mol. The van der Waals surface area contributed by atoms with E-state index < -0.39 is 0 Å². The molecule has 0 radical (unpaired) electrons. The van der Waals surface area contributed by atoms with Gasteiger partial charge in [-0.25, -0.2) is 4.98 Å². The van der Waals surface area contributed by atoms with Crippen molar-refractivity contribution < 1.29 is 5.11 Å². The summed E-state index contributed by atoms with van der Waals surface area (Å²) in [6.45, 7) is 3.06. The van der Waals surface area contributed by atoms with Crippen molar-refractivity contribution in [2.24, 2.45) is 0 Å². The van der Waals surface area contributed by atoms with Crippen molar-refractivity contribution >= 4 is 28.1 Å². The van der Waals surface area contributed by atoms with Crippen LogP contribution in [0.5, 0.6) is 0 Å². The van der Waals surface area contributed by atoms with Crippen molar-refractivity contribution in [2.75, 3.05) is 11.4 Å². The molecular formula is C9H13ClN2OS. The van der Waals surface area contributed by atoms with E-state index in [-0.39, 0.29) is 6.61 Å². The minimum Gasteiger partial charge on any atom is -0.391 e. The van der Waals surface area contributed by atoms with E-state index in [2.05, 4.69) is 16.8 Å². The number of rotatable bonds is 4. The smallest absolute Gasteiger partial charge is 0.187 e. The van der Waals surface area contributed by atoms with Crippen LogP contribution in [0.3, 0.4) is 0 Å². The van der Waals surface area contributed by atoms with Crippen LogP contribution in [0.4, 0.5) is 5.13 Å². The third-order valence-corrected chi connectivity index (χ3v) is 3.86. The van der Waals surface area contributed by atoms with Crippen LogP contribution in [0.25, 0.3) is 0 Å². The number of aliphatic hydroxyl groups is 1. The van der Waals surface area contributed by atoms with Gasteiger partial charge in [0.25, 0.3) is 0 Å². The Morgan fingerprint density at radius 2 is 2.36 bits per heavy atom. The fourth-order valence-corrected chi connectivity index (χ4v) is 2.73. The van der Waals surface area contributed by atoms with E-state index in [0.717, 1.165) is 16.6 Å². The second-order valence-corrected chi connectivity index (χ2v) is 4.81. The Morgan fingerprint density at radius 3 is 2.79 bits per heavy atom. The molecule has 1 aliphatic rings. The maximum atomic E-state index is 9.01. The number of halogens is 1. The summed E-state index contributed by atoms with van der Waals surface area (Å²) in [7, 11) is 0. The molecule has 1 heterocycles. The number of hydrogen-bond acceptors (Lipinski definition) is 4. The number of thiazole rings is 1. The molecule has 0 aromatic carbocycles. The molecule has 3 nitrogen and oxygen atoms in total. The van der Waals surface area contributed by atoms with Gasteiger partial charge >= 0.3 is 0 Å². The monoisotopic (exact) mass is 232 g/mol. The minimum atomic E-state index is -0.0152. The van der Waals surface area contributed by atoms with Crippen LogP contribution in [0.15, 0.2) is 0 Å². The van der Waals surface area contributed by atoms with E-state index in [9.17, 15) is 0 Å². The Morgan fingerprint density at radius 1 is 1.64 bits per heavy atom. The summed E-state index contributed by atoms with van der Waals surface area (Å²) in [6.07, 6.45) is 2.50. The van der Waals surface area contributed by atoms with E-state index in [0.29, 0.717) is 11.2 Å². The van der Waals surface area contributed by atoms with Gasteiger partial charge in [0.15, 0.2) is 5.13 Å². The normalized spacial score (nSPS) is 15.9. The first-order valence-corrected chi connectivity index (χ1v) is 5.98. The summed E-state index contributed by atoms with van der Waals surface area (Å²) in [5, 5.41) is 10.4. The van der Waals surface area contributed by atoms with Gasteiger partial charge in [-0.2, -0.15) is 0 Å². The molecule has 5 heteroatoms. The highest BCUT2D eigenvalue weighted by molar-refractivity contribution is 7.16. The van der Waals surface area contributed by atoms with Crippen molar-refractivity contribution in [3.8, 4) is 0 Å². The highest BCUT2D eigenvalue weighted by Gasteiger charge is 2.30. The van der Waals surface area contributed by atoms with Gasteiger partial charge in [-0.15, -0.1) is 0 Å². The summed E-state index contributed by atoms with van der Waals surface area (Å²) < 4.78 is 0. The van der Waals surface area contributed by atoms with Crippen molar-refractivity contribution in [3.63, 3.8) is 0 Å². The van der Waals surface area contributed by atoms with E-state index in [4.69, 9.17) is 16.7 Å². The molecule has 0 aliphatic heterocycles. The number of anilines is 1. The molecular weight excluding hydrogens is 220 g/mol. The zero-order chi connectivity index (χ0) is 10.1. The largest absolute Gasteiger partial charge is 0.391 e. The highest BCUT2D eigenvalue weighted by Crippen LogP contribution is 2.36. The van der Waals surface area contributed by atoms with Crippen molar-refractivity contribution in [3.05, 3.63) is 10.0 Å². The van der Waals surface area contributed by atoms with Gasteiger partial charge in [0.2, 0.25) is 0 Å². The van der Waals surface area contributed by atoms with E-state index in [1.165, 1.54) is 24.2 Å². The van der Waals surface area contributed by atoms with Crippen LogP contribution in [0.2, 0.25) is 5.15 Å². The first kappa shape index (κ1) is 10.2. The number of aromatic nitrogens is 1. The molecule has 0 atom stereocenters. The van der Waals surface area contributed by atoms with E-state index in [1.54, 1.807) is 0 Å². The standard InChI is InChI=1S/C9H13ClN2OS/c1-2-12(6-3-4-6)9-11-8(10)7(5-13)14-9/h6,13H,2-5H2,1H3. The maximum absolute atomic E-state index is 9.01. The van der Waals surface area contributed by atoms with Crippen molar-refractivity contribution in [1.29, 1.82) is 0 Å². The molecule has 78 valence electrons. The Bertz CT molecular complexity index is 325. The van der Waals surface area contributed by atoms with Crippen LogP contribution >= 0.6 is 22.9 Å². The topological polar surface area (TPSA) is 36.4 Å². The lowest BCUT2D eigenvalue weighted by atomic mass is 10.5. The maximum Gasteiger partial charge on any atom is 0.187 e. The lowest BCUT2D eigenvalue weighted by Gasteiger charge is -2.18. The van der Waals surface area contributed by atoms with E-state index >= 15 is 0 Å². The molecule has 14 heavy (non-hydrogen) atoms. The Balaban J connectivity index is 2.20. The second kappa shape index (κ2) is 4.04. The molecule has 0 unspecified atom stereocenters. The predicted molar refractivity (Wildman–Crippen MR) is 59.1 cm³/mol. The van der Waals surface area contributed by atoms with Gasteiger partial charge in [0.05, 0.1) is 11.5 Å². The molecule has 1 fully saturated rings. The van der Waals surface area contributed by atoms with Gasteiger partial charge in [-0.1, -0.05) is 22.9 Å². The lowest BCUT2D eigenvalue weighted by Crippen LogP contribution is -2.24. The summed E-state index contributed by atoms with van der Waals surface area (Å²) in [4.78, 5) is 7.29. The third-order valence-electron chi connectivity index (χ3n) is 2.36. The highest BCUT2D eigenvalue weighted by atomic mass is 35.5. The predicted octanol–water partition coefficient (Wildman–Crippen LogP) is 2.28. The molecule has 0 spiro atoms. The van der Waals surface area contributed by atoms with Gasteiger partial charge in [-0.3, -0.25) is 0 Å². The van der Waals surface area contributed by atoms with Gasteiger partial charge < -0.3 is 10.0 Å². The molecule has 0 amide bonds. The molecule has 1 saturated carbocycles. The zero-order valence-electron chi connectivity index (χ0n) is 8.03. The minimum absolute atomic E-state index is 0.0152. The van der Waals surface area contributed by atoms with Crippen LogP contribution in [-0.2, 0) is 6.61 Å². The van der Waals surface area contributed by atoms with Crippen LogP contribution < -0.4 is 4.90 Å². The van der Waals surface area contributed by atoms with Crippen LogP contribution in [-0.4, -0.2) is 22.7 Å². The number of nitrogens with zero attached hydrogens (tertiary/aromatic N) is 2. The molecule has 1 aromatic heterocycles. The third kappa shape index (κ3) is 1.87. The Kier molecular flexibility index (Phi) is 2.95. The van der Waals surface area contributed by atoms with Gasteiger partial charge in [0, 0.05) is 12.6 Å². The fourth-order valence-electron chi connectivity index (χ4n) is 1.48. The number of hydrogen-bond donors (Lipinski definition) is 1. The van der Waals surface area contributed by atoms with E-state index in [1.807, 2.05) is 0 Å². The second-order valence-electron chi connectivity index (χ2n) is 3.39. The number of aliphatic hydroxyl groups excluding tert-OH is 1. The Labute approximate surface area is 92.3 Å². The molecule has 0 saturated heterocycles. The van der Waals surface area contributed by atoms with Gasteiger partial charge in [-0.05, 0) is 19.8 Å².